The summed E-state index contributed by atoms with van der Waals surface area (Å²) in [5, 5.41) is 3.99. The van der Waals surface area contributed by atoms with Crippen molar-refractivity contribution < 1.29 is 18.3 Å². The third kappa shape index (κ3) is 5.06. The standard InChI is InChI=1S/C31H24FN3O3S/c1-36-23-13-15-25(16-14-23)37-24-11-9-22(10-12-24)35-30(29(34-31(35)39)26-4-2-3-19-33-26)28-18-17-27(38-28)20-5-7-21(32)8-6-20/h2-19,29-30H,1H3,(H,34,39). The van der Waals surface area contributed by atoms with E-state index >= 15 is 0 Å². The summed E-state index contributed by atoms with van der Waals surface area (Å²) in [4.78, 5) is 6.61. The highest BCUT2D eigenvalue weighted by molar-refractivity contribution is 7.80. The Morgan fingerprint density at radius 2 is 1.54 bits per heavy atom. The fourth-order valence-corrected chi connectivity index (χ4v) is 5.00. The predicted octanol–water partition coefficient (Wildman–Crippen LogP) is 7.46. The molecule has 0 spiro atoms. The molecule has 8 heteroatoms. The fourth-order valence-electron chi connectivity index (χ4n) is 4.66. The Hall–Kier alpha value is -4.69. The molecular weight excluding hydrogens is 513 g/mol. The van der Waals surface area contributed by atoms with Crippen molar-refractivity contribution in [3.63, 3.8) is 0 Å². The van der Waals surface area contributed by atoms with Crippen LogP contribution in [0.3, 0.4) is 0 Å². The molecule has 6 nitrogen and oxygen atoms in total. The average molecular weight is 538 g/mol. The average Bonchev–Trinajstić information content (AvgIpc) is 3.59. The van der Waals surface area contributed by atoms with Gasteiger partial charge in [-0.05, 0) is 109 Å². The van der Waals surface area contributed by atoms with Crippen LogP contribution in [0.25, 0.3) is 11.3 Å². The van der Waals surface area contributed by atoms with E-state index in [0.29, 0.717) is 28.1 Å². The molecule has 1 N–H and O–H groups in total. The molecule has 0 bridgehead atoms. The molecule has 2 atom stereocenters. The van der Waals surface area contributed by atoms with Gasteiger partial charge in [-0.25, -0.2) is 4.39 Å². The molecule has 1 saturated heterocycles. The van der Waals surface area contributed by atoms with Gasteiger partial charge in [0.15, 0.2) is 5.11 Å². The third-order valence-electron chi connectivity index (χ3n) is 6.56. The molecule has 0 amide bonds. The number of pyridine rings is 1. The van der Waals surface area contributed by atoms with Crippen LogP contribution in [-0.4, -0.2) is 17.2 Å². The molecule has 2 unspecified atom stereocenters. The summed E-state index contributed by atoms with van der Waals surface area (Å²) in [6, 6.07) is 30.4. The van der Waals surface area contributed by atoms with Gasteiger partial charge in [0.05, 0.1) is 18.8 Å². The van der Waals surface area contributed by atoms with Gasteiger partial charge in [-0.15, -0.1) is 0 Å². The van der Waals surface area contributed by atoms with Gasteiger partial charge in [0, 0.05) is 17.4 Å². The van der Waals surface area contributed by atoms with Crippen molar-refractivity contribution in [2.75, 3.05) is 12.0 Å². The molecule has 1 aliphatic rings. The molecular formula is C31H24FN3O3S. The second kappa shape index (κ2) is 10.6. The van der Waals surface area contributed by atoms with E-state index in [9.17, 15) is 4.39 Å². The van der Waals surface area contributed by atoms with Crippen LogP contribution in [0.1, 0.15) is 23.5 Å². The summed E-state index contributed by atoms with van der Waals surface area (Å²) in [6.45, 7) is 0. The fraction of sp³-hybridized carbons (Fsp3) is 0.0968. The number of halogens is 1. The Bertz CT molecular complexity index is 1570. The van der Waals surface area contributed by atoms with E-state index in [1.54, 1.807) is 25.4 Å². The zero-order valence-electron chi connectivity index (χ0n) is 21.0. The number of furan rings is 1. The smallest absolute Gasteiger partial charge is 0.174 e. The highest BCUT2D eigenvalue weighted by atomic mass is 32.1. The summed E-state index contributed by atoms with van der Waals surface area (Å²) in [5.41, 5.74) is 2.50. The zero-order valence-corrected chi connectivity index (χ0v) is 21.8. The number of aromatic nitrogens is 1. The van der Waals surface area contributed by atoms with Crippen molar-refractivity contribution in [3.05, 3.63) is 127 Å². The minimum atomic E-state index is -0.310. The Morgan fingerprint density at radius 3 is 2.21 bits per heavy atom. The van der Waals surface area contributed by atoms with Gasteiger partial charge in [0.1, 0.15) is 40.6 Å². The molecule has 194 valence electrons. The summed E-state index contributed by atoms with van der Waals surface area (Å²) < 4.78 is 31.0. The first-order chi connectivity index (χ1) is 19.1. The van der Waals surface area contributed by atoms with Gasteiger partial charge < -0.3 is 24.1 Å². The number of nitrogens with one attached hydrogen (secondary N) is 1. The van der Waals surface area contributed by atoms with Crippen LogP contribution < -0.4 is 19.7 Å². The molecule has 0 radical (unpaired) electrons. The third-order valence-corrected chi connectivity index (χ3v) is 6.87. The van der Waals surface area contributed by atoms with Gasteiger partial charge in [0.2, 0.25) is 0 Å². The number of hydrogen-bond donors (Lipinski definition) is 1. The van der Waals surface area contributed by atoms with Crippen LogP contribution in [0.2, 0.25) is 0 Å². The van der Waals surface area contributed by atoms with E-state index in [-0.39, 0.29) is 17.9 Å². The molecule has 1 aliphatic heterocycles. The Morgan fingerprint density at radius 1 is 0.846 bits per heavy atom. The maximum absolute atomic E-state index is 13.5. The van der Waals surface area contributed by atoms with E-state index < -0.39 is 0 Å². The summed E-state index contributed by atoms with van der Waals surface area (Å²) in [7, 11) is 1.63. The number of nitrogens with zero attached hydrogens (tertiary/aromatic N) is 2. The van der Waals surface area contributed by atoms with Gasteiger partial charge in [0.25, 0.3) is 0 Å². The Labute approximate surface area is 230 Å². The van der Waals surface area contributed by atoms with E-state index in [1.807, 2.05) is 83.8 Å². The first-order valence-electron chi connectivity index (χ1n) is 12.4. The first kappa shape index (κ1) is 24.6. The van der Waals surface area contributed by atoms with E-state index in [4.69, 9.17) is 26.1 Å². The van der Waals surface area contributed by atoms with Crippen LogP contribution in [-0.2, 0) is 0 Å². The molecule has 2 aromatic heterocycles. The normalized spacial score (nSPS) is 16.7. The van der Waals surface area contributed by atoms with Crippen molar-refractivity contribution in [2.45, 2.75) is 12.1 Å². The van der Waals surface area contributed by atoms with E-state index in [1.165, 1.54) is 12.1 Å². The van der Waals surface area contributed by atoms with Crippen molar-refractivity contribution in [1.82, 2.24) is 10.3 Å². The quantitative estimate of drug-likeness (QED) is 0.216. The predicted molar refractivity (Wildman–Crippen MR) is 152 cm³/mol. The van der Waals surface area contributed by atoms with Crippen molar-refractivity contribution in [2.24, 2.45) is 0 Å². The van der Waals surface area contributed by atoms with Gasteiger partial charge in [-0.3, -0.25) is 4.98 Å². The van der Waals surface area contributed by atoms with Crippen molar-refractivity contribution >= 4 is 23.0 Å². The Balaban J connectivity index is 1.32. The van der Waals surface area contributed by atoms with Crippen molar-refractivity contribution in [1.29, 1.82) is 0 Å². The molecule has 0 aliphatic carbocycles. The van der Waals surface area contributed by atoms with Crippen LogP contribution in [0.4, 0.5) is 10.1 Å². The van der Waals surface area contributed by atoms with Crippen LogP contribution in [0.5, 0.6) is 17.2 Å². The molecule has 6 rings (SSSR count). The first-order valence-corrected chi connectivity index (χ1v) is 12.8. The van der Waals surface area contributed by atoms with Gasteiger partial charge in [-0.1, -0.05) is 6.07 Å². The highest BCUT2D eigenvalue weighted by Gasteiger charge is 2.42. The SMILES string of the molecule is COc1ccc(Oc2ccc(N3C(=S)NC(c4ccccn4)C3c3ccc(-c4ccc(F)cc4)o3)cc2)cc1. The lowest BCUT2D eigenvalue weighted by Gasteiger charge is -2.26. The second-order valence-electron chi connectivity index (χ2n) is 8.98. The van der Waals surface area contributed by atoms with Crippen LogP contribution >= 0.6 is 12.2 Å². The molecule has 1 fully saturated rings. The van der Waals surface area contributed by atoms with Gasteiger partial charge in [-0.2, -0.15) is 0 Å². The summed E-state index contributed by atoms with van der Waals surface area (Å²) in [6.07, 6.45) is 1.76. The number of methoxy groups -OCH3 is 1. The Kier molecular flexibility index (Phi) is 6.69. The number of ether oxygens (including phenoxy) is 2. The number of anilines is 1. The highest BCUT2D eigenvalue weighted by Crippen LogP contribution is 2.43. The maximum Gasteiger partial charge on any atom is 0.174 e. The van der Waals surface area contributed by atoms with Crippen molar-refractivity contribution in [3.8, 4) is 28.6 Å². The minimum absolute atomic E-state index is 0.249. The minimum Gasteiger partial charge on any atom is -0.497 e. The lowest BCUT2D eigenvalue weighted by atomic mass is 10.0. The zero-order chi connectivity index (χ0) is 26.8. The number of benzene rings is 3. The summed E-state index contributed by atoms with van der Waals surface area (Å²) in [5.74, 6) is 3.22. The number of thiocarbonyl (C=S) groups is 1. The van der Waals surface area contributed by atoms with Crippen LogP contribution in [0.15, 0.2) is 114 Å². The van der Waals surface area contributed by atoms with E-state index in [0.717, 1.165) is 22.7 Å². The largest absolute Gasteiger partial charge is 0.497 e. The molecule has 5 aromatic rings. The number of hydrogen-bond acceptors (Lipinski definition) is 5. The van der Waals surface area contributed by atoms with Gasteiger partial charge >= 0.3 is 0 Å². The van der Waals surface area contributed by atoms with Crippen LogP contribution in [0, 0.1) is 5.82 Å². The molecule has 0 saturated carbocycles. The molecule has 3 aromatic carbocycles. The van der Waals surface area contributed by atoms with E-state index in [2.05, 4.69) is 10.3 Å². The topological polar surface area (TPSA) is 59.8 Å². The molecule has 39 heavy (non-hydrogen) atoms. The lowest BCUT2D eigenvalue weighted by Crippen LogP contribution is -2.29. The molecule has 3 heterocycles. The lowest BCUT2D eigenvalue weighted by molar-refractivity contribution is 0.413. The number of rotatable bonds is 7. The summed E-state index contributed by atoms with van der Waals surface area (Å²) >= 11 is 5.81. The monoisotopic (exact) mass is 537 g/mol. The maximum atomic E-state index is 13.5. The second-order valence-corrected chi connectivity index (χ2v) is 9.36.